The highest BCUT2D eigenvalue weighted by atomic mass is 15.0. The number of hydrogen-bond acceptors (Lipinski definition) is 1. The monoisotopic (exact) mass is 245 g/mol. The normalized spacial score (nSPS) is 30.1. The van der Waals surface area contributed by atoms with Gasteiger partial charge in [0, 0.05) is 12.1 Å². The molecule has 0 spiro atoms. The Morgan fingerprint density at radius 1 is 1.17 bits per heavy atom. The Balaban J connectivity index is 2.04. The first-order valence-corrected chi connectivity index (χ1v) is 7.40. The second-order valence-corrected chi connectivity index (χ2v) is 6.21. The van der Waals surface area contributed by atoms with Gasteiger partial charge in [-0.1, -0.05) is 50.1 Å². The van der Waals surface area contributed by atoms with Crippen molar-refractivity contribution in [1.82, 2.24) is 5.32 Å². The van der Waals surface area contributed by atoms with E-state index in [1.165, 1.54) is 30.4 Å². The summed E-state index contributed by atoms with van der Waals surface area (Å²) in [6.45, 7) is 9.26. The summed E-state index contributed by atoms with van der Waals surface area (Å²) in [5.74, 6) is 1.61. The van der Waals surface area contributed by atoms with E-state index in [2.05, 4.69) is 57.3 Å². The van der Waals surface area contributed by atoms with Gasteiger partial charge in [0.1, 0.15) is 0 Å². The highest BCUT2D eigenvalue weighted by Crippen LogP contribution is 2.30. The van der Waals surface area contributed by atoms with E-state index in [4.69, 9.17) is 0 Å². The van der Waals surface area contributed by atoms with Crippen LogP contribution in [0.15, 0.2) is 24.3 Å². The fraction of sp³-hybridized carbons (Fsp3) is 0.647. The van der Waals surface area contributed by atoms with Crippen molar-refractivity contribution in [3.8, 4) is 0 Å². The highest BCUT2D eigenvalue weighted by molar-refractivity contribution is 5.24. The van der Waals surface area contributed by atoms with Crippen molar-refractivity contribution in [1.29, 1.82) is 0 Å². The lowest BCUT2D eigenvalue weighted by molar-refractivity contribution is 0.196. The van der Waals surface area contributed by atoms with Crippen molar-refractivity contribution in [2.45, 2.75) is 59.0 Å². The van der Waals surface area contributed by atoms with Crippen molar-refractivity contribution >= 4 is 0 Å². The van der Waals surface area contributed by atoms with Crippen LogP contribution in [0.25, 0.3) is 0 Å². The number of aryl methyl sites for hydroxylation is 1. The van der Waals surface area contributed by atoms with Gasteiger partial charge < -0.3 is 5.32 Å². The predicted molar refractivity (Wildman–Crippen MR) is 78.7 cm³/mol. The van der Waals surface area contributed by atoms with E-state index in [-0.39, 0.29) is 0 Å². The maximum absolute atomic E-state index is 3.86. The molecular formula is C17H27N. The standard InChI is InChI=1S/C17H27N/c1-12-7-5-10-16(11-12)15(4)18-17-13(2)8-6-9-14(17)3/h5,7,10-11,13-15,17-18H,6,8-9H2,1-4H3/t13?,14?,15-,17?/m0/s1. The summed E-state index contributed by atoms with van der Waals surface area (Å²) in [6.07, 6.45) is 4.16. The first-order chi connectivity index (χ1) is 8.58. The molecule has 0 aromatic heterocycles. The van der Waals surface area contributed by atoms with Crippen LogP contribution in [0, 0.1) is 18.8 Å². The fourth-order valence-corrected chi connectivity index (χ4v) is 3.33. The quantitative estimate of drug-likeness (QED) is 0.828. The minimum absolute atomic E-state index is 0.456. The molecule has 100 valence electrons. The van der Waals surface area contributed by atoms with Crippen LogP contribution in [0.1, 0.15) is 57.2 Å². The Bertz CT molecular complexity index is 375. The SMILES string of the molecule is Cc1cccc([C@H](C)NC2C(C)CCCC2C)c1. The van der Waals surface area contributed by atoms with Crippen LogP contribution in [-0.2, 0) is 0 Å². The summed E-state index contributed by atoms with van der Waals surface area (Å²) in [7, 11) is 0. The Kier molecular flexibility index (Phi) is 4.45. The first-order valence-electron chi connectivity index (χ1n) is 7.40. The summed E-state index contributed by atoms with van der Waals surface area (Å²) in [4.78, 5) is 0. The minimum atomic E-state index is 0.456. The zero-order valence-corrected chi connectivity index (χ0v) is 12.2. The third-order valence-corrected chi connectivity index (χ3v) is 4.53. The Morgan fingerprint density at radius 2 is 1.83 bits per heavy atom. The van der Waals surface area contributed by atoms with E-state index in [9.17, 15) is 0 Å². The fourth-order valence-electron chi connectivity index (χ4n) is 3.33. The number of benzene rings is 1. The number of nitrogens with one attached hydrogen (secondary N) is 1. The molecule has 1 saturated carbocycles. The summed E-state index contributed by atoms with van der Waals surface area (Å²) in [5, 5.41) is 3.86. The van der Waals surface area contributed by atoms with Crippen molar-refractivity contribution in [3.05, 3.63) is 35.4 Å². The molecule has 0 saturated heterocycles. The zero-order valence-electron chi connectivity index (χ0n) is 12.2. The van der Waals surface area contributed by atoms with E-state index >= 15 is 0 Å². The van der Waals surface area contributed by atoms with Crippen LogP contribution >= 0.6 is 0 Å². The van der Waals surface area contributed by atoms with E-state index in [0.29, 0.717) is 12.1 Å². The average Bonchev–Trinajstić information content (AvgIpc) is 2.34. The lowest BCUT2D eigenvalue weighted by Gasteiger charge is -2.37. The molecule has 1 aromatic rings. The van der Waals surface area contributed by atoms with Crippen molar-refractivity contribution in [3.63, 3.8) is 0 Å². The molecule has 2 unspecified atom stereocenters. The van der Waals surface area contributed by atoms with Crippen LogP contribution in [0.4, 0.5) is 0 Å². The lowest BCUT2D eigenvalue weighted by atomic mass is 9.78. The smallest absolute Gasteiger partial charge is 0.0294 e. The molecular weight excluding hydrogens is 218 g/mol. The molecule has 1 nitrogen and oxygen atoms in total. The van der Waals surface area contributed by atoms with E-state index in [1.54, 1.807) is 0 Å². The van der Waals surface area contributed by atoms with Crippen molar-refractivity contribution < 1.29 is 0 Å². The van der Waals surface area contributed by atoms with Gasteiger partial charge in [0.15, 0.2) is 0 Å². The first kappa shape index (κ1) is 13.6. The third kappa shape index (κ3) is 3.14. The van der Waals surface area contributed by atoms with Crippen LogP contribution < -0.4 is 5.32 Å². The van der Waals surface area contributed by atoms with Crippen molar-refractivity contribution in [2.75, 3.05) is 0 Å². The number of rotatable bonds is 3. The third-order valence-electron chi connectivity index (χ3n) is 4.53. The Morgan fingerprint density at radius 3 is 2.44 bits per heavy atom. The van der Waals surface area contributed by atoms with Gasteiger partial charge in [0.25, 0.3) is 0 Å². The molecule has 18 heavy (non-hydrogen) atoms. The maximum atomic E-state index is 3.86. The Labute approximate surface area is 112 Å². The van der Waals surface area contributed by atoms with E-state index < -0.39 is 0 Å². The van der Waals surface area contributed by atoms with Gasteiger partial charge in [0.05, 0.1) is 0 Å². The molecule has 2 rings (SSSR count). The summed E-state index contributed by atoms with van der Waals surface area (Å²) in [6, 6.07) is 10.0. The molecule has 1 heteroatoms. The van der Waals surface area contributed by atoms with Gasteiger partial charge in [-0.25, -0.2) is 0 Å². The molecule has 1 aliphatic carbocycles. The largest absolute Gasteiger partial charge is 0.307 e. The molecule has 1 fully saturated rings. The molecule has 1 N–H and O–H groups in total. The van der Waals surface area contributed by atoms with E-state index in [0.717, 1.165) is 11.8 Å². The van der Waals surface area contributed by atoms with Gasteiger partial charge in [-0.05, 0) is 44.1 Å². The van der Waals surface area contributed by atoms with Crippen LogP contribution in [0.2, 0.25) is 0 Å². The maximum Gasteiger partial charge on any atom is 0.0294 e. The number of hydrogen-bond donors (Lipinski definition) is 1. The van der Waals surface area contributed by atoms with Crippen LogP contribution in [0.3, 0.4) is 0 Å². The van der Waals surface area contributed by atoms with Gasteiger partial charge in [-0.3, -0.25) is 0 Å². The topological polar surface area (TPSA) is 12.0 Å². The van der Waals surface area contributed by atoms with Crippen LogP contribution in [-0.4, -0.2) is 6.04 Å². The lowest BCUT2D eigenvalue weighted by Crippen LogP contribution is -2.43. The summed E-state index contributed by atoms with van der Waals surface area (Å²) < 4.78 is 0. The highest BCUT2D eigenvalue weighted by Gasteiger charge is 2.28. The molecule has 0 heterocycles. The molecule has 1 aromatic carbocycles. The molecule has 1 aliphatic rings. The second-order valence-electron chi connectivity index (χ2n) is 6.21. The summed E-state index contributed by atoms with van der Waals surface area (Å²) in [5.41, 5.74) is 2.77. The molecule has 0 bridgehead atoms. The van der Waals surface area contributed by atoms with E-state index in [1.807, 2.05) is 0 Å². The second kappa shape index (κ2) is 5.88. The van der Waals surface area contributed by atoms with Crippen molar-refractivity contribution in [2.24, 2.45) is 11.8 Å². The predicted octanol–water partition coefficient (Wildman–Crippen LogP) is 4.47. The Hall–Kier alpha value is -0.820. The average molecular weight is 245 g/mol. The van der Waals surface area contributed by atoms with Gasteiger partial charge >= 0.3 is 0 Å². The molecule has 0 radical (unpaired) electrons. The zero-order chi connectivity index (χ0) is 13.1. The van der Waals surface area contributed by atoms with Gasteiger partial charge in [-0.15, -0.1) is 0 Å². The summed E-state index contributed by atoms with van der Waals surface area (Å²) >= 11 is 0. The van der Waals surface area contributed by atoms with Gasteiger partial charge in [-0.2, -0.15) is 0 Å². The minimum Gasteiger partial charge on any atom is -0.307 e. The van der Waals surface area contributed by atoms with Crippen LogP contribution in [0.5, 0.6) is 0 Å². The molecule has 0 amide bonds. The molecule has 0 aliphatic heterocycles. The molecule has 3 atom stereocenters. The van der Waals surface area contributed by atoms with Gasteiger partial charge in [0.2, 0.25) is 0 Å².